The molecule has 0 rings (SSSR count). The highest BCUT2D eigenvalue weighted by molar-refractivity contribution is 5.76. The molecule has 0 spiro atoms. The molecule has 0 aromatic carbocycles. The Balaban J connectivity index is 3.32. The quantitative estimate of drug-likeness (QED) is 0.596. The van der Waals surface area contributed by atoms with Crippen molar-refractivity contribution in [1.29, 1.82) is 0 Å². The van der Waals surface area contributed by atoms with E-state index in [9.17, 15) is 4.79 Å². The molecule has 0 atom stereocenters. The lowest BCUT2D eigenvalue weighted by atomic mass is 10.0. The lowest BCUT2D eigenvalue weighted by Gasteiger charge is -2.17. The van der Waals surface area contributed by atoms with Crippen LogP contribution in [-0.2, 0) is 9.53 Å². The average molecular weight is 216 g/mol. The van der Waals surface area contributed by atoms with Crippen molar-refractivity contribution < 1.29 is 9.53 Å². The Bertz CT molecular complexity index is 176. The number of amides is 1. The summed E-state index contributed by atoms with van der Waals surface area (Å²) >= 11 is 0. The zero-order chi connectivity index (χ0) is 11.7. The van der Waals surface area contributed by atoms with Crippen LogP contribution in [-0.4, -0.2) is 31.7 Å². The lowest BCUT2D eigenvalue weighted by molar-refractivity contribution is -0.122. The van der Waals surface area contributed by atoms with Gasteiger partial charge in [0.25, 0.3) is 0 Å². The maximum absolute atomic E-state index is 11.3. The first-order chi connectivity index (χ1) is 6.95. The standard InChI is InChI=1S/C11H24N2O2/c1-11(2,12)9-10(14)13-7-5-4-6-8-15-3/h4-9,12H2,1-3H3,(H,13,14). The zero-order valence-corrected chi connectivity index (χ0v) is 10.1. The second-order valence-corrected chi connectivity index (χ2v) is 4.57. The van der Waals surface area contributed by atoms with Crippen molar-refractivity contribution in [2.24, 2.45) is 5.73 Å². The van der Waals surface area contributed by atoms with Gasteiger partial charge in [-0.3, -0.25) is 4.79 Å². The van der Waals surface area contributed by atoms with Crippen molar-refractivity contribution in [3.05, 3.63) is 0 Å². The van der Waals surface area contributed by atoms with E-state index in [2.05, 4.69) is 5.32 Å². The number of hydrogen-bond acceptors (Lipinski definition) is 3. The van der Waals surface area contributed by atoms with Crippen molar-refractivity contribution in [1.82, 2.24) is 5.32 Å². The van der Waals surface area contributed by atoms with Gasteiger partial charge in [0.2, 0.25) is 5.91 Å². The molecule has 0 heterocycles. The van der Waals surface area contributed by atoms with Crippen LogP contribution in [0.1, 0.15) is 39.5 Å². The normalized spacial score (nSPS) is 11.5. The Kier molecular flexibility index (Phi) is 7.34. The molecule has 3 N–H and O–H groups in total. The van der Waals surface area contributed by atoms with E-state index >= 15 is 0 Å². The third-order valence-corrected chi connectivity index (χ3v) is 1.96. The molecule has 0 unspecified atom stereocenters. The van der Waals surface area contributed by atoms with Gasteiger partial charge in [-0.15, -0.1) is 0 Å². The number of hydrogen-bond donors (Lipinski definition) is 2. The number of unbranched alkanes of at least 4 members (excludes halogenated alkanes) is 2. The molecule has 0 radical (unpaired) electrons. The van der Waals surface area contributed by atoms with Crippen molar-refractivity contribution in [3.8, 4) is 0 Å². The molecule has 15 heavy (non-hydrogen) atoms. The van der Waals surface area contributed by atoms with E-state index in [0.717, 1.165) is 32.4 Å². The van der Waals surface area contributed by atoms with E-state index in [1.54, 1.807) is 7.11 Å². The maximum atomic E-state index is 11.3. The monoisotopic (exact) mass is 216 g/mol. The Morgan fingerprint density at radius 1 is 1.33 bits per heavy atom. The average Bonchev–Trinajstić information content (AvgIpc) is 2.08. The minimum atomic E-state index is -0.417. The third-order valence-electron chi connectivity index (χ3n) is 1.96. The maximum Gasteiger partial charge on any atom is 0.221 e. The summed E-state index contributed by atoms with van der Waals surface area (Å²) in [5, 5.41) is 2.86. The van der Waals surface area contributed by atoms with E-state index in [1.165, 1.54) is 0 Å². The summed E-state index contributed by atoms with van der Waals surface area (Å²) in [5.74, 6) is 0.0363. The van der Waals surface area contributed by atoms with E-state index in [1.807, 2.05) is 13.8 Å². The van der Waals surface area contributed by atoms with Crippen LogP contribution in [0.15, 0.2) is 0 Å². The van der Waals surface area contributed by atoms with Gasteiger partial charge < -0.3 is 15.8 Å². The SMILES string of the molecule is COCCCCCNC(=O)CC(C)(C)N. The minimum absolute atomic E-state index is 0.0363. The minimum Gasteiger partial charge on any atom is -0.385 e. The largest absolute Gasteiger partial charge is 0.385 e. The fourth-order valence-electron chi connectivity index (χ4n) is 1.25. The molecular weight excluding hydrogens is 192 g/mol. The molecule has 1 amide bonds. The van der Waals surface area contributed by atoms with Gasteiger partial charge in [0.1, 0.15) is 0 Å². The van der Waals surface area contributed by atoms with Crippen LogP contribution in [0.4, 0.5) is 0 Å². The Labute approximate surface area is 92.6 Å². The van der Waals surface area contributed by atoms with Gasteiger partial charge in [0, 0.05) is 32.2 Å². The number of nitrogens with two attached hydrogens (primary N) is 1. The second-order valence-electron chi connectivity index (χ2n) is 4.57. The fourth-order valence-corrected chi connectivity index (χ4v) is 1.25. The molecule has 0 aliphatic rings. The topological polar surface area (TPSA) is 64.3 Å². The molecule has 90 valence electrons. The Morgan fingerprint density at radius 3 is 2.53 bits per heavy atom. The number of ether oxygens (including phenoxy) is 1. The molecule has 4 heteroatoms. The van der Waals surface area contributed by atoms with Crippen LogP contribution in [0.3, 0.4) is 0 Å². The summed E-state index contributed by atoms with van der Waals surface area (Å²) in [7, 11) is 1.70. The summed E-state index contributed by atoms with van der Waals surface area (Å²) in [6, 6.07) is 0. The molecule has 4 nitrogen and oxygen atoms in total. The second kappa shape index (κ2) is 7.65. The molecular formula is C11H24N2O2. The summed E-state index contributed by atoms with van der Waals surface area (Å²) in [4.78, 5) is 11.3. The Hall–Kier alpha value is -0.610. The van der Waals surface area contributed by atoms with E-state index in [4.69, 9.17) is 10.5 Å². The van der Waals surface area contributed by atoms with Crippen LogP contribution in [0, 0.1) is 0 Å². The number of rotatable bonds is 8. The third kappa shape index (κ3) is 11.3. The number of nitrogens with one attached hydrogen (secondary N) is 1. The van der Waals surface area contributed by atoms with Crippen molar-refractivity contribution in [2.75, 3.05) is 20.3 Å². The first-order valence-corrected chi connectivity index (χ1v) is 5.50. The van der Waals surface area contributed by atoms with Gasteiger partial charge in [0.05, 0.1) is 0 Å². The van der Waals surface area contributed by atoms with Crippen molar-refractivity contribution in [3.63, 3.8) is 0 Å². The Morgan fingerprint density at radius 2 is 2.00 bits per heavy atom. The molecule has 0 aliphatic heterocycles. The molecule has 0 fully saturated rings. The molecule has 0 aromatic rings. The smallest absolute Gasteiger partial charge is 0.221 e. The fraction of sp³-hybridized carbons (Fsp3) is 0.909. The van der Waals surface area contributed by atoms with E-state index in [0.29, 0.717) is 6.42 Å². The van der Waals surface area contributed by atoms with Gasteiger partial charge in [-0.1, -0.05) is 0 Å². The first-order valence-electron chi connectivity index (χ1n) is 5.50. The molecule has 0 bridgehead atoms. The summed E-state index contributed by atoms with van der Waals surface area (Å²) in [6.45, 7) is 5.23. The van der Waals surface area contributed by atoms with Gasteiger partial charge in [-0.2, -0.15) is 0 Å². The molecule has 0 aliphatic carbocycles. The number of methoxy groups -OCH3 is 1. The van der Waals surface area contributed by atoms with Gasteiger partial charge >= 0.3 is 0 Å². The van der Waals surface area contributed by atoms with Crippen LogP contribution >= 0.6 is 0 Å². The van der Waals surface area contributed by atoms with Gasteiger partial charge in [-0.05, 0) is 33.1 Å². The summed E-state index contributed by atoms with van der Waals surface area (Å²) in [5.41, 5.74) is 5.31. The van der Waals surface area contributed by atoms with Crippen molar-refractivity contribution >= 4 is 5.91 Å². The highest BCUT2D eigenvalue weighted by Gasteiger charge is 2.15. The zero-order valence-electron chi connectivity index (χ0n) is 10.1. The van der Waals surface area contributed by atoms with Gasteiger partial charge in [0.15, 0.2) is 0 Å². The highest BCUT2D eigenvalue weighted by atomic mass is 16.5. The number of carbonyl (C=O) groups excluding carboxylic acids is 1. The van der Waals surface area contributed by atoms with E-state index < -0.39 is 5.54 Å². The summed E-state index contributed by atoms with van der Waals surface area (Å²) < 4.78 is 4.93. The molecule has 0 saturated heterocycles. The van der Waals surface area contributed by atoms with Crippen molar-refractivity contribution in [2.45, 2.75) is 45.1 Å². The lowest BCUT2D eigenvalue weighted by Crippen LogP contribution is -2.39. The molecule has 0 aromatic heterocycles. The predicted molar refractivity (Wildman–Crippen MR) is 61.6 cm³/mol. The van der Waals surface area contributed by atoms with Crippen LogP contribution in [0.5, 0.6) is 0 Å². The van der Waals surface area contributed by atoms with Gasteiger partial charge in [-0.25, -0.2) is 0 Å². The predicted octanol–water partition coefficient (Wildman–Crippen LogP) is 1.05. The molecule has 0 saturated carbocycles. The van der Waals surface area contributed by atoms with Crippen LogP contribution in [0.2, 0.25) is 0 Å². The summed E-state index contributed by atoms with van der Waals surface area (Å²) in [6.07, 6.45) is 3.51. The number of carbonyl (C=O) groups is 1. The van der Waals surface area contributed by atoms with E-state index in [-0.39, 0.29) is 5.91 Å². The first kappa shape index (κ1) is 14.4. The van der Waals surface area contributed by atoms with Crippen LogP contribution in [0.25, 0.3) is 0 Å². The highest BCUT2D eigenvalue weighted by Crippen LogP contribution is 2.02. The van der Waals surface area contributed by atoms with Crippen LogP contribution < -0.4 is 11.1 Å².